The zero-order valence-corrected chi connectivity index (χ0v) is 7.24. The third kappa shape index (κ3) is 5.62. The van der Waals surface area contributed by atoms with Crippen molar-refractivity contribution in [1.82, 2.24) is 0 Å². The quantitative estimate of drug-likeness (QED) is 0.504. The van der Waals surface area contributed by atoms with Gasteiger partial charge in [-0.25, -0.2) is 0 Å². The minimum absolute atomic E-state index is 0.0710. The van der Waals surface area contributed by atoms with Crippen LogP contribution >= 0.6 is 31.3 Å². The first-order valence-corrected chi connectivity index (χ1v) is 7.37. The van der Waals surface area contributed by atoms with Crippen LogP contribution in [-0.2, 0) is 19.7 Å². The molecule has 0 aromatic rings. The lowest BCUT2D eigenvalue weighted by molar-refractivity contribution is 2.53. The van der Waals surface area contributed by atoms with E-state index in [4.69, 9.17) is 11.2 Å². The molecule has 0 saturated carbocycles. The van der Waals surface area contributed by atoms with Crippen molar-refractivity contribution in [3.05, 3.63) is 0 Å². The molecule has 0 aliphatic heterocycles. The first-order valence-electron chi connectivity index (χ1n) is 1.09. The topological polar surface area (TPSA) is 0 Å². The van der Waals surface area contributed by atoms with Crippen molar-refractivity contribution in [3.8, 4) is 0 Å². The van der Waals surface area contributed by atoms with Gasteiger partial charge >= 0.3 is 0 Å². The van der Waals surface area contributed by atoms with Crippen LogP contribution in [0.2, 0.25) is 0 Å². The molecule has 38 valence electrons. The van der Waals surface area contributed by atoms with Crippen molar-refractivity contribution < 1.29 is 0 Å². The summed E-state index contributed by atoms with van der Waals surface area (Å²) < 4.78 is 0. The normalized spacial score (nSPS) is 14.3. The zero-order valence-electron chi connectivity index (χ0n) is 3.08. The van der Waals surface area contributed by atoms with E-state index in [2.05, 4.69) is 11.7 Å². The largest absolute Gasteiger partial charge is 0.0989 e. The number of hydrogen-bond acceptors (Lipinski definition) is 4. The second-order valence-corrected chi connectivity index (χ2v) is 8.69. The molecule has 0 radical (unpaired) electrons. The first kappa shape index (κ1) is 7.62. The second kappa shape index (κ2) is 4.77. The summed E-state index contributed by atoms with van der Waals surface area (Å²) >= 11 is 8.68. The molecular weight excluding hydrogens is 172 g/mol. The molecule has 0 aromatic carbocycles. The van der Waals surface area contributed by atoms with E-state index < -0.39 is 0 Å². The van der Waals surface area contributed by atoms with Crippen molar-refractivity contribution in [3.63, 3.8) is 0 Å². The highest BCUT2D eigenvalue weighted by Crippen LogP contribution is 2.26. The predicted octanol–water partition coefficient (Wildman–Crippen LogP) is 1.84. The molecule has 1 atom stereocenters. The van der Waals surface area contributed by atoms with Crippen molar-refractivity contribution in [2.75, 3.05) is 6.26 Å². The Hall–Kier alpha value is 1.62. The molecule has 0 heterocycles. The zero-order chi connectivity index (χ0) is 4.99. The van der Waals surface area contributed by atoms with Gasteiger partial charge in [0.25, 0.3) is 0 Å². The fraction of sp³-hybridized carbons (Fsp3) is 1.00. The van der Waals surface area contributed by atoms with Gasteiger partial charge in [0.15, 0.2) is 0 Å². The van der Waals surface area contributed by atoms with Crippen LogP contribution in [0, 0.1) is 0 Å². The van der Waals surface area contributed by atoms with Crippen LogP contribution in [0.3, 0.4) is 0 Å². The first-order chi connectivity index (χ1) is 2.77. The van der Waals surface area contributed by atoms with Crippen molar-refractivity contribution >= 4 is 51.0 Å². The third-order valence-corrected chi connectivity index (χ3v) is 6.55. The Morgan fingerprint density at radius 2 is 2.33 bits per heavy atom. The smallest absolute Gasteiger partial charge is 0.00305 e. The summed E-state index contributed by atoms with van der Waals surface area (Å²) in [5.74, 6) is 0. The summed E-state index contributed by atoms with van der Waals surface area (Å²) in [6, 6.07) is 0. The average molecular weight is 176 g/mol. The Morgan fingerprint density at radius 3 is 2.33 bits per heavy atom. The molecule has 0 aliphatic rings. The van der Waals surface area contributed by atoms with Gasteiger partial charge in [-0.1, -0.05) is 20.1 Å². The average Bonchev–Trinajstić information content (AvgIpc) is 1.35. The summed E-state index contributed by atoms with van der Waals surface area (Å²) in [5.41, 5.74) is 0. The summed E-state index contributed by atoms with van der Waals surface area (Å²) in [4.78, 5) is 0. The highest BCUT2D eigenvalue weighted by atomic mass is 33.7. The Bertz CT molecular complexity index is 47.9. The summed E-state index contributed by atoms with van der Waals surface area (Å²) in [6.45, 7) is 0. The molecule has 0 spiro atoms. The maximum atomic E-state index is 4.80. The van der Waals surface area contributed by atoms with E-state index in [9.17, 15) is 0 Å². The highest BCUT2D eigenvalue weighted by molar-refractivity contribution is 9.24. The Morgan fingerprint density at radius 1 is 1.83 bits per heavy atom. The van der Waals surface area contributed by atoms with Gasteiger partial charge in [0, 0.05) is 0 Å². The number of hydrogen-bond donors (Lipinski definition) is 1. The van der Waals surface area contributed by atoms with Gasteiger partial charge in [0.1, 0.15) is 0 Å². The van der Waals surface area contributed by atoms with E-state index >= 15 is 0 Å². The predicted molar refractivity (Wildman–Crippen MR) is 44.8 cm³/mol. The fourth-order valence-electron chi connectivity index (χ4n) is 0.0429. The third-order valence-electron chi connectivity index (χ3n) is 0.126. The van der Waals surface area contributed by atoms with Gasteiger partial charge in [0.2, 0.25) is 0 Å². The molecular formula is CH4S5. The molecule has 6 heavy (non-hydrogen) atoms. The Balaban J connectivity index is 2.83. The SMILES string of the molecule is CS(=S)SSS. The van der Waals surface area contributed by atoms with E-state index in [1.807, 2.05) is 6.26 Å². The maximum Gasteiger partial charge on any atom is -0.00305 e. The Labute approximate surface area is 57.0 Å². The second-order valence-electron chi connectivity index (χ2n) is 0.544. The van der Waals surface area contributed by atoms with E-state index in [1.165, 1.54) is 9.83 Å². The van der Waals surface area contributed by atoms with Crippen molar-refractivity contribution in [2.24, 2.45) is 0 Å². The van der Waals surface area contributed by atoms with Crippen LogP contribution in [-0.4, -0.2) is 6.26 Å². The molecule has 0 nitrogen and oxygen atoms in total. The lowest BCUT2D eigenvalue weighted by atomic mass is 12.0. The van der Waals surface area contributed by atoms with E-state index in [1.54, 1.807) is 9.83 Å². The van der Waals surface area contributed by atoms with Gasteiger partial charge in [-0.15, -0.1) is 0 Å². The van der Waals surface area contributed by atoms with E-state index in [0.717, 1.165) is 0 Å². The van der Waals surface area contributed by atoms with Gasteiger partial charge in [-0.2, -0.15) is 0 Å². The minimum Gasteiger partial charge on any atom is -0.0989 e. The number of rotatable bonds is 2. The molecule has 1 unspecified atom stereocenters. The molecule has 0 rings (SSSR count). The van der Waals surface area contributed by atoms with Crippen LogP contribution in [0.25, 0.3) is 0 Å². The van der Waals surface area contributed by atoms with Gasteiger partial charge in [-0.3, -0.25) is 0 Å². The van der Waals surface area contributed by atoms with Crippen LogP contribution in [0.1, 0.15) is 0 Å². The molecule has 0 aromatic heterocycles. The van der Waals surface area contributed by atoms with Crippen LogP contribution in [0.4, 0.5) is 0 Å². The molecule has 0 bridgehead atoms. The van der Waals surface area contributed by atoms with E-state index in [-0.39, 0.29) is 8.49 Å². The molecule has 0 amide bonds. The standard InChI is InChI=1S/CH4S5/c1-6(3)5-4-2/h2H,1H3. The van der Waals surface area contributed by atoms with Crippen molar-refractivity contribution in [2.45, 2.75) is 0 Å². The molecule has 0 N–H and O–H groups in total. The minimum atomic E-state index is 0.0710. The molecule has 0 fully saturated rings. The van der Waals surface area contributed by atoms with Gasteiger partial charge < -0.3 is 0 Å². The molecule has 0 saturated heterocycles. The van der Waals surface area contributed by atoms with E-state index in [0.29, 0.717) is 0 Å². The summed E-state index contributed by atoms with van der Waals surface area (Å²) in [5, 5.41) is 0. The molecule has 5 heteroatoms. The van der Waals surface area contributed by atoms with Crippen LogP contribution in [0.5, 0.6) is 0 Å². The Kier molecular flexibility index (Phi) is 6.06. The monoisotopic (exact) mass is 176 g/mol. The lowest BCUT2D eigenvalue weighted by Gasteiger charge is -1.84. The van der Waals surface area contributed by atoms with Gasteiger partial charge in [-0.05, 0) is 37.1 Å². The highest BCUT2D eigenvalue weighted by Gasteiger charge is 1.78. The summed E-state index contributed by atoms with van der Waals surface area (Å²) in [7, 11) is 3.11. The van der Waals surface area contributed by atoms with Gasteiger partial charge in [0.05, 0.1) is 0 Å². The molecule has 0 aliphatic carbocycles. The lowest BCUT2D eigenvalue weighted by Crippen LogP contribution is -1.61. The van der Waals surface area contributed by atoms with Crippen LogP contribution in [0.15, 0.2) is 0 Å². The maximum absolute atomic E-state index is 4.80. The van der Waals surface area contributed by atoms with Crippen molar-refractivity contribution in [1.29, 1.82) is 0 Å². The summed E-state index contributed by atoms with van der Waals surface area (Å²) in [6.07, 6.45) is 1.99. The fourth-order valence-corrected chi connectivity index (χ4v) is 5.48. The number of thiol groups is 1. The van der Waals surface area contributed by atoms with Crippen LogP contribution < -0.4 is 0 Å².